The van der Waals surface area contributed by atoms with Crippen LogP contribution in [0.1, 0.15) is 219 Å². The number of esters is 12. The van der Waals surface area contributed by atoms with Crippen LogP contribution >= 0.6 is 0 Å². The molecule has 144 heavy (non-hydrogen) atoms. The number of ether oxygens (including phenoxy) is 16. The van der Waals surface area contributed by atoms with Gasteiger partial charge in [0.15, 0.2) is 0 Å². The highest BCUT2D eigenvalue weighted by Gasteiger charge is 2.28. The summed E-state index contributed by atoms with van der Waals surface area (Å²) in [6, 6.07) is 36.6. The molecule has 4 atom stereocenters. The highest BCUT2D eigenvalue weighted by atomic mass is 16.6. The van der Waals surface area contributed by atoms with E-state index in [0.717, 1.165) is 25.7 Å². The fraction of sp³-hybridized carbons (Fsp3) is 0.357. The molecule has 0 fully saturated rings. The molecule has 0 radical (unpaired) electrons. The molecule has 760 valence electrons. The Hall–Kier alpha value is -15.8. The van der Waals surface area contributed by atoms with Gasteiger partial charge < -0.3 is 75.8 Å². The molecule has 32 nitrogen and oxygen atoms in total. The standard InChI is InChI=1S/C112H124N4O28/c1-13-17-53-137-89-61-77-57-79-63-90(138-54-18-14-2)65-81(94(79)38-46-106(122)142-86-31-23-74(24-32-86)70-114-98(110(126)134-10)42-50-102(118)130-6)59-83-67-92(140-56-20-16-4)68-84(96(83)40-48-108(124)144-88-35-27-76(28-36-88)72-116-100(112(128)136-12)44-52-104(120)132-8)60-82-66-91(139-55-19-15-3)64-80(95(82)39-47-107(123)143-87-33-25-75(26-34-87)71-115-99(111(127)135-11)43-51-103(119)131-7)58-78(62-89)93(77)37-45-105(121)141-85-29-21-73(22-30-85)69-113-97(109(125)133-9)41-49-101(117)129-5/h21-40,45-48,61-72,97-100H,13-20,41-44,49-60H2,1-12H3. The van der Waals surface area contributed by atoms with E-state index < -0.39 is 95.8 Å². The van der Waals surface area contributed by atoms with Crippen LogP contribution in [0.2, 0.25) is 0 Å². The summed E-state index contributed by atoms with van der Waals surface area (Å²) in [5, 5.41) is 0. The molecular formula is C112H124N4O28. The predicted octanol–water partition coefficient (Wildman–Crippen LogP) is 17.2. The average Bonchev–Trinajstić information content (AvgIpc) is 0.768. The van der Waals surface area contributed by atoms with E-state index in [-0.39, 0.29) is 100 Å². The molecule has 0 saturated carbocycles. The lowest BCUT2D eigenvalue weighted by Crippen LogP contribution is -2.21. The van der Waals surface area contributed by atoms with Crippen LogP contribution in [0.25, 0.3) is 24.3 Å². The van der Waals surface area contributed by atoms with Crippen molar-refractivity contribution in [1.29, 1.82) is 0 Å². The largest absolute Gasteiger partial charge is 0.494 e. The first-order valence-corrected chi connectivity index (χ1v) is 47.6. The van der Waals surface area contributed by atoms with Crippen molar-refractivity contribution in [3.05, 3.63) is 259 Å². The van der Waals surface area contributed by atoms with E-state index in [1.54, 1.807) is 121 Å². The normalized spacial score (nSPS) is 12.8. The number of methoxy groups -OCH3 is 8. The maximum Gasteiger partial charge on any atom is 0.336 e. The maximum atomic E-state index is 14.8. The van der Waals surface area contributed by atoms with Crippen LogP contribution in [0, 0.1) is 0 Å². The summed E-state index contributed by atoms with van der Waals surface area (Å²) in [6.45, 7) is 9.35. The molecule has 0 aromatic heterocycles. The topological polar surface area (TPSA) is 402 Å². The molecule has 0 saturated heterocycles. The first-order valence-electron chi connectivity index (χ1n) is 47.6. The molecule has 0 amide bonds. The van der Waals surface area contributed by atoms with Gasteiger partial charge in [-0.2, -0.15) is 0 Å². The second-order valence-electron chi connectivity index (χ2n) is 33.2. The lowest BCUT2D eigenvalue weighted by Gasteiger charge is -2.23. The quantitative estimate of drug-likeness (QED) is 0.00853. The molecule has 1 aliphatic carbocycles. The number of unbranched alkanes of at least 4 members (excludes halogenated alkanes) is 4. The minimum absolute atomic E-state index is 0.0235. The van der Waals surface area contributed by atoms with Gasteiger partial charge in [0.1, 0.15) is 70.2 Å². The molecule has 9 rings (SSSR count). The van der Waals surface area contributed by atoms with Gasteiger partial charge in [0, 0.05) is 74.8 Å². The Morgan fingerprint density at radius 2 is 0.438 bits per heavy atom. The fourth-order valence-electron chi connectivity index (χ4n) is 14.9. The molecule has 0 N–H and O–H groups in total. The third kappa shape index (κ3) is 36.7. The van der Waals surface area contributed by atoms with Gasteiger partial charge in [-0.3, -0.25) is 39.1 Å². The molecule has 0 heterocycles. The zero-order valence-corrected chi connectivity index (χ0v) is 83.3. The van der Waals surface area contributed by atoms with Gasteiger partial charge in [-0.05, 0) is 336 Å². The van der Waals surface area contributed by atoms with E-state index in [4.69, 9.17) is 75.8 Å². The van der Waals surface area contributed by atoms with Crippen molar-refractivity contribution in [2.24, 2.45) is 20.0 Å². The summed E-state index contributed by atoms with van der Waals surface area (Å²) in [5.74, 6) is -5.52. The van der Waals surface area contributed by atoms with Gasteiger partial charge in [-0.1, -0.05) is 53.4 Å². The van der Waals surface area contributed by atoms with Crippen molar-refractivity contribution in [3.8, 4) is 46.0 Å². The van der Waals surface area contributed by atoms with Crippen molar-refractivity contribution < 1.29 is 133 Å². The number of hydrogen-bond donors (Lipinski definition) is 0. The Bertz CT molecular complexity index is 5170. The second kappa shape index (κ2) is 59.7. The summed E-state index contributed by atoms with van der Waals surface area (Å²) >= 11 is 0. The van der Waals surface area contributed by atoms with Crippen molar-refractivity contribution >= 4 is 121 Å². The zero-order valence-electron chi connectivity index (χ0n) is 83.3. The van der Waals surface area contributed by atoms with Gasteiger partial charge >= 0.3 is 71.6 Å². The van der Waals surface area contributed by atoms with Crippen LogP contribution < -0.4 is 37.9 Å². The smallest absolute Gasteiger partial charge is 0.336 e. The number of nitrogens with zero attached hydrogens (tertiary/aromatic N) is 4. The summed E-state index contributed by atoms with van der Waals surface area (Å²) in [4.78, 5) is 176. The Kier molecular flexibility index (Phi) is 46.4. The number of carbonyl (C=O) groups excluding carboxylic acids is 12. The summed E-state index contributed by atoms with van der Waals surface area (Å²) in [6.07, 6.45) is 23.3. The third-order valence-corrected chi connectivity index (χ3v) is 22.7. The van der Waals surface area contributed by atoms with Gasteiger partial charge in [0.25, 0.3) is 0 Å². The molecule has 8 aromatic carbocycles. The summed E-state index contributed by atoms with van der Waals surface area (Å²) < 4.78 is 90.5. The molecule has 32 heteroatoms. The highest BCUT2D eigenvalue weighted by Crippen LogP contribution is 2.40. The maximum absolute atomic E-state index is 14.8. The summed E-state index contributed by atoms with van der Waals surface area (Å²) in [5.41, 5.74) is 8.99. The van der Waals surface area contributed by atoms with E-state index in [2.05, 4.69) is 20.0 Å². The first kappa shape index (κ1) is 112. The van der Waals surface area contributed by atoms with Crippen LogP contribution in [-0.2, 0) is 121 Å². The molecule has 0 aliphatic heterocycles. The molecule has 4 unspecified atom stereocenters. The number of rotatable bonds is 52. The van der Waals surface area contributed by atoms with Crippen LogP contribution in [-0.4, -0.2) is 204 Å². The van der Waals surface area contributed by atoms with Gasteiger partial charge in [-0.25, -0.2) is 38.4 Å². The number of benzene rings is 8. The predicted molar refractivity (Wildman–Crippen MR) is 542 cm³/mol. The number of fused-ring (bicyclic) bond motifs is 8. The Labute approximate surface area is 838 Å². The van der Waals surface area contributed by atoms with E-state index in [1.165, 1.54) is 106 Å². The van der Waals surface area contributed by atoms with Crippen molar-refractivity contribution in [2.75, 3.05) is 83.3 Å². The fourth-order valence-corrected chi connectivity index (χ4v) is 14.9. The molecule has 1 aliphatic rings. The highest BCUT2D eigenvalue weighted by molar-refractivity contribution is 5.95. The number of hydrogen-bond acceptors (Lipinski definition) is 32. The number of carbonyl (C=O) groups is 12. The SMILES string of the molecule is CCCCOc1cc2c(C=CC(=O)Oc3ccc(C=NC(CCC(=O)OC)C(=O)OC)cc3)c(c1)Cc1cc(OCCCC)cc(c1C=CC(=O)Oc1ccc(C=NC(CCC(=O)OC)C(=O)OC)cc1)Cc1cc(OCCCC)cc(c1C=CC(=O)Oc1ccc(C=NC(CCC(=O)OC)C(=O)OC)cc1)Cc1cc(OCCCC)cc(c1C=CC(=O)Oc1ccc(C=NC(CCC(=O)OC)C(=O)OC)cc1)C2. The third-order valence-electron chi connectivity index (χ3n) is 22.7. The molecule has 8 bridgehead atoms. The van der Waals surface area contributed by atoms with Crippen molar-refractivity contribution in [3.63, 3.8) is 0 Å². The lowest BCUT2D eigenvalue weighted by molar-refractivity contribution is -0.145. The van der Waals surface area contributed by atoms with Crippen LogP contribution in [0.4, 0.5) is 0 Å². The van der Waals surface area contributed by atoms with Gasteiger partial charge in [0.05, 0.1) is 83.3 Å². The lowest BCUT2D eigenvalue weighted by atomic mass is 9.84. The van der Waals surface area contributed by atoms with Crippen LogP contribution in [0.3, 0.4) is 0 Å². The monoisotopic (exact) mass is 1970 g/mol. The van der Waals surface area contributed by atoms with E-state index >= 15 is 0 Å². The minimum Gasteiger partial charge on any atom is -0.494 e. The van der Waals surface area contributed by atoms with Crippen LogP contribution in [0.5, 0.6) is 46.0 Å². The van der Waals surface area contributed by atoms with E-state index in [1.807, 2.05) is 76.2 Å². The Balaban J connectivity index is 1.30. The van der Waals surface area contributed by atoms with Gasteiger partial charge in [0.2, 0.25) is 0 Å². The average molecular weight is 1970 g/mol. The Morgan fingerprint density at radius 1 is 0.257 bits per heavy atom. The van der Waals surface area contributed by atoms with Crippen molar-refractivity contribution in [1.82, 2.24) is 0 Å². The summed E-state index contributed by atoms with van der Waals surface area (Å²) in [7, 11) is 9.86. The van der Waals surface area contributed by atoms with Crippen LogP contribution in [0.15, 0.2) is 190 Å². The van der Waals surface area contributed by atoms with E-state index in [9.17, 15) is 57.5 Å². The van der Waals surface area contributed by atoms with E-state index in [0.29, 0.717) is 164 Å². The van der Waals surface area contributed by atoms with Gasteiger partial charge in [-0.15, -0.1) is 0 Å². The minimum atomic E-state index is -1.02. The number of aliphatic imine (C=N–C) groups is 4. The molecule has 8 aromatic rings. The second-order valence-corrected chi connectivity index (χ2v) is 33.2. The first-order chi connectivity index (χ1) is 69.7. The molecule has 0 spiro atoms. The molecular weight excluding hydrogens is 1850 g/mol. The van der Waals surface area contributed by atoms with Crippen molar-refractivity contribution in [2.45, 2.75) is 180 Å². The zero-order chi connectivity index (χ0) is 104. The Morgan fingerprint density at radius 3 is 0.597 bits per heavy atom.